The van der Waals surface area contributed by atoms with Crippen molar-refractivity contribution in [1.29, 1.82) is 0 Å². The molecule has 70 valence electrons. The summed E-state index contributed by atoms with van der Waals surface area (Å²) in [6, 6.07) is 0. The van der Waals surface area contributed by atoms with E-state index in [0.29, 0.717) is 6.10 Å². The van der Waals surface area contributed by atoms with E-state index in [4.69, 9.17) is 4.74 Å². The Kier molecular flexibility index (Phi) is 2.40. The van der Waals surface area contributed by atoms with Gasteiger partial charge in [-0.25, -0.2) is 0 Å². The Morgan fingerprint density at radius 2 is 1.83 bits per heavy atom. The van der Waals surface area contributed by atoms with E-state index in [2.05, 4.69) is 13.8 Å². The zero-order valence-electron chi connectivity index (χ0n) is 8.25. The molecular weight excluding hydrogens is 148 g/mol. The predicted octanol–water partition coefficient (Wildman–Crippen LogP) is 2.85. The highest BCUT2D eigenvalue weighted by Crippen LogP contribution is 2.40. The van der Waals surface area contributed by atoms with Crippen LogP contribution in [0.5, 0.6) is 0 Å². The molecule has 0 aromatic rings. The van der Waals surface area contributed by atoms with Crippen LogP contribution in [0.2, 0.25) is 0 Å². The monoisotopic (exact) mass is 168 g/mol. The van der Waals surface area contributed by atoms with E-state index in [1.807, 2.05) is 0 Å². The standard InChI is InChI=1S/C11H20O/c1-8-3-4-10-6-11(10)12-7-9(2)5-8/h8-11H,3-7H2,1-2H3. The molecule has 1 saturated carbocycles. The van der Waals surface area contributed by atoms with Crippen LogP contribution in [0.25, 0.3) is 0 Å². The molecule has 0 bridgehead atoms. The summed E-state index contributed by atoms with van der Waals surface area (Å²) in [5, 5.41) is 0. The van der Waals surface area contributed by atoms with Gasteiger partial charge in [0.05, 0.1) is 6.10 Å². The van der Waals surface area contributed by atoms with Crippen LogP contribution in [-0.4, -0.2) is 12.7 Å². The Morgan fingerprint density at radius 1 is 1.00 bits per heavy atom. The normalized spacial score (nSPS) is 48.5. The maximum Gasteiger partial charge on any atom is 0.0608 e. The summed E-state index contributed by atoms with van der Waals surface area (Å²) in [6.07, 6.45) is 6.20. The molecule has 1 heterocycles. The number of hydrogen-bond donors (Lipinski definition) is 0. The van der Waals surface area contributed by atoms with Crippen LogP contribution in [0.1, 0.15) is 39.5 Å². The van der Waals surface area contributed by atoms with Crippen molar-refractivity contribution in [2.24, 2.45) is 17.8 Å². The molecule has 0 spiro atoms. The van der Waals surface area contributed by atoms with E-state index >= 15 is 0 Å². The van der Waals surface area contributed by atoms with Crippen molar-refractivity contribution in [3.05, 3.63) is 0 Å². The second-order valence-corrected chi connectivity index (χ2v) is 4.89. The Bertz CT molecular complexity index is 139. The zero-order valence-corrected chi connectivity index (χ0v) is 8.25. The molecule has 0 aromatic heterocycles. The highest BCUT2D eigenvalue weighted by molar-refractivity contribution is 4.88. The summed E-state index contributed by atoms with van der Waals surface area (Å²) in [7, 11) is 0. The average Bonchev–Trinajstić information content (AvgIpc) is 2.75. The molecule has 0 N–H and O–H groups in total. The molecule has 0 aromatic carbocycles. The van der Waals surface area contributed by atoms with Crippen molar-refractivity contribution < 1.29 is 4.74 Å². The summed E-state index contributed by atoms with van der Waals surface area (Å²) < 4.78 is 5.80. The molecule has 1 saturated heterocycles. The lowest BCUT2D eigenvalue weighted by Crippen LogP contribution is -2.09. The SMILES string of the molecule is CC1CCC2CC2OCC(C)C1. The summed E-state index contributed by atoms with van der Waals surface area (Å²) in [5.74, 6) is 2.63. The molecule has 2 rings (SSSR count). The quantitative estimate of drug-likeness (QED) is 0.540. The van der Waals surface area contributed by atoms with Gasteiger partial charge < -0.3 is 4.74 Å². The lowest BCUT2D eigenvalue weighted by Gasteiger charge is -2.15. The number of hydrogen-bond acceptors (Lipinski definition) is 1. The molecule has 2 fully saturated rings. The first kappa shape index (κ1) is 8.55. The van der Waals surface area contributed by atoms with Crippen LogP contribution in [0.3, 0.4) is 0 Å². The van der Waals surface area contributed by atoms with Crippen LogP contribution in [0.4, 0.5) is 0 Å². The van der Waals surface area contributed by atoms with Crippen molar-refractivity contribution in [3.63, 3.8) is 0 Å². The van der Waals surface area contributed by atoms with Gasteiger partial charge in [-0.15, -0.1) is 0 Å². The van der Waals surface area contributed by atoms with E-state index in [0.717, 1.165) is 24.4 Å². The predicted molar refractivity (Wildman–Crippen MR) is 50.0 cm³/mol. The molecule has 4 atom stereocenters. The summed E-state index contributed by atoms with van der Waals surface area (Å²) in [5.41, 5.74) is 0. The Balaban J connectivity index is 1.87. The number of fused-ring (bicyclic) bond motifs is 1. The first-order valence-electron chi connectivity index (χ1n) is 5.37. The fraction of sp³-hybridized carbons (Fsp3) is 1.00. The lowest BCUT2D eigenvalue weighted by atomic mass is 9.93. The topological polar surface area (TPSA) is 9.23 Å². The maximum absolute atomic E-state index is 5.80. The summed E-state index contributed by atoms with van der Waals surface area (Å²) >= 11 is 0. The van der Waals surface area contributed by atoms with Gasteiger partial charge >= 0.3 is 0 Å². The maximum atomic E-state index is 5.80. The van der Waals surface area contributed by atoms with Gasteiger partial charge in [-0.2, -0.15) is 0 Å². The summed E-state index contributed by atoms with van der Waals surface area (Å²) in [6.45, 7) is 5.71. The third kappa shape index (κ3) is 2.01. The van der Waals surface area contributed by atoms with Gasteiger partial charge in [-0.3, -0.25) is 0 Å². The van der Waals surface area contributed by atoms with Crippen molar-refractivity contribution >= 4 is 0 Å². The van der Waals surface area contributed by atoms with Crippen LogP contribution >= 0.6 is 0 Å². The van der Waals surface area contributed by atoms with Crippen LogP contribution in [-0.2, 0) is 4.74 Å². The first-order chi connectivity index (χ1) is 5.75. The van der Waals surface area contributed by atoms with Gasteiger partial charge in [0.2, 0.25) is 0 Å². The van der Waals surface area contributed by atoms with E-state index in [1.165, 1.54) is 25.7 Å². The van der Waals surface area contributed by atoms with Gasteiger partial charge in [-0.05, 0) is 37.0 Å². The van der Waals surface area contributed by atoms with Crippen molar-refractivity contribution in [3.8, 4) is 0 Å². The molecule has 1 nitrogen and oxygen atoms in total. The summed E-state index contributed by atoms with van der Waals surface area (Å²) in [4.78, 5) is 0. The Labute approximate surface area is 75.5 Å². The molecular formula is C11H20O. The van der Waals surface area contributed by atoms with Gasteiger partial charge in [0.15, 0.2) is 0 Å². The molecule has 1 heteroatoms. The van der Waals surface area contributed by atoms with Crippen LogP contribution < -0.4 is 0 Å². The van der Waals surface area contributed by atoms with Gasteiger partial charge in [-0.1, -0.05) is 20.3 Å². The Hall–Kier alpha value is -0.0400. The fourth-order valence-electron chi connectivity index (χ4n) is 2.39. The smallest absolute Gasteiger partial charge is 0.0608 e. The number of rotatable bonds is 0. The first-order valence-corrected chi connectivity index (χ1v) is 5.37. The second-order valence-electron chi connectivity index (χ2n) is 4.89. The van der Waals surface area contributed by atoms with E-state index in [-0.39, 0.29) is 0 Å². The van der Waals surface area contributed by atoms with Gasteiger partial charge in [0.1, 0.15) is 0 Å². The van der Waals surface area contributed by atoms with Crippen molar-refractivity contribution in [2.75, 3.05) is 6.61 Å². The van der Waals surface area contributed by atoms with E-state index in [1.54, 1.807) is 0 Å². The second kappa shape index (κ2) is 3.37. The minimum atomic E-state index is 0.651. The number of ether oxygens (including phenoxy) is 1. The highest BCUT2D eigenvalue weighted by Gasteiger charge is 2.38. The molecule has 2 aliphatic rings. The molecule has 12 heavy (non-hydrogen) atoms. The minimum Gasteiger partial charge on any atom is -0.378 e. The van der Waals surface area contributed by atoms with Crippen LogP contribution in [0.15, 0.2) is 0 Å². The fourth-order valence-corrected chi connectivity index (χ4v) is 2.39. The lowest BCUT2D eigenvalue weighted by molar-refractivity contribution is 0.0804. The Morgan fingerprint density at radius 3 is 2.67 bits per heavy atom. The van der Waals surface area contributed by atoms with Gasteiger partial charge in [0, 0.05) is 6.61 Å². The third-order valence-electron chi connectivity index (χ3n) is 3.29. The van der Waals surface area contributed by atoms with E-state index in [9.17, 15) is 0 Å². The third-order valence-corrected chi connectivity index (χ3v) is 3.29. The van der Waals surface area contributed by atoms with E-state index < -0.39 is 0 Å². The average molecular weight is 168 g/mol. The van der Waals surface area contributed by atoms with Crippen molar-refractivity contribution in [2.45, 2.75) is 45.6 Å². The molecule has 1 aliphatic carbocycles. The molecule has 0 amide bonds. The molecule has 1 aliphatic heterocycles. The minimum absolute atomic E-state index is 0.651. The van der Waals surface area contributed by atoms with Gasteiger partial charge in [0.25, 0.3) is 0 Å². The molecule has 4 unspecified atom stereocenters. The molecule has 0 radical (unpaired) electrons. The van der Waals surface area contributed by atoms with Crippen molar-refractivity contribution in [1.82, 2.24) is 0 Å². The van der Waals surface area contributed by atoms with Crippen LogP contribution in [0, 0.1) is 17.8 Å². The highest BCUT2D eigenvalue weighted by atomic mass is 16.5. The zero-order chi connectivity index (χ0) is 8.55. The largest absolute Gasteiger partial charge is 0.378 e.